The van der Waals surface area contributed by atoms with Crippen molar-refractivity contribution < 1.29 is 13.2 Å². The lowest BCUT2D eigenvalue weighted by Gasteiger charge is -2.23. The number of nitrogens with zero attached hydrogens (tertiary/aromatic N) is 1. The second-order valence-corrected chi connectivity index (χ2v) is 6.61. The Hall–Kier alpha value is -0.620. The molecule has 1 N–H and O–H groups in total. The zero-order valence-electron chi connectivity index (χ0n) is 10.1. The maximum atomic E-state index is 11.8. The van der Waals surface area contributed by atoms with Gasteiger partial charge in [0.25, 0.3) is 0 Å². The fourth-order valence-electron chi connectivity index (χ4n) is 1.89. The Kier molecular flexibility index (Phi) is 4.32. The predicted octanol–water partition coefficient (Wildman–Crippen LogP) is -0.0225. The highest BCUT2D eigenvalue weighted by molar-refractivity contribution is 7.90. The van der Waals surface area contributed by atoms with Crippen LogP contribution in [0.2, 0.25) is 0 Å². The van der Waals surface area contributed by atoms with E-state index in [1.165, 1.54) is 6.26 Å². The molecule has 1 amide bonds. The molecule has 1 fully saturated rings. The summed E-state index contributed by atoms with van der Waals surface area (Å²) in [4.78, 5) is 13.4. The van der Waals surface area contributed by atoms with Gasteiger partial charge in [-0.05, 0) is 13.3 Å². The van der Waals surface area contributed by atoms with Gasteiger partial charge in [-0.3, -0.25) is 10.1 Å². The number of nitrogens with one attached hydrogen (secondary N) is 1. The Morgan fingerprint density at radius 2 is 2.06 bits per heavy atom. The van der Waals surface area contributed by atoms with Crippen LogP contribution in [0.25, 0.3) is 0 Å². The van der Waals surface area contributed by atoms with Crippen molar-refractivity contribution in [2.45, 2.75) is 38.9 Å². The maximum absolute atomic E-state index is 11.8. The van der Waals surface area contributed by atoms with Crippen LogP contribution in [0.1, 0.15) is 26.7 Å². The number of carbonyl (C=O) groups excluding carboxylic acids is 1. The van der Waals surface area contributed by atoms with Gasteiger partial charge in [-0.2, -0.15) is 0 Å². The van der Waals surface area contributed by atoms with Gasteiger partial charge in [0, 0.05) is 12.8 Å². The van der Waals surface area contributed by atoms with E-state index in [0.29, 0.717) is 6.54 Å². The average Bonchev–Trinajstić information content (AvgIpc) is 2.40. The molecule has 0 aromatic heterocycles. The Bertz CT molecular complexity index is 353. The van der Waals surface area contributed by atoms with Crippen LogP contribution in [-0.2, 0) is 14.6 Å². The van der Waals surface area contributed by atoms with Crippen molar-refractivity contribution >= 4 is 15.7 Å². The minimum absolute atomic E-state index is 0.00194. The van der Waals surface area contributed by atoms with Gasteiger partial charge in [0.15, 0.2) is 0 Å². The number of amides is 1. The third-order valence-electron chi connectivity index (χ3n) is 2.74. The van der Waals surface area contributed by atoms with Crippen molar-refractivity contribution in [1.29, 1.82) is 0 Å². The minimum atomic E-state index is -3.01. The molecule has 1 saturated heterocycles. The van der Waals surface area contributed by atoms with Crippen molar-refractivity contribution in [3.05, 3.63) is 0 Å². The average molecular weight is 248 g/mol. The molecule has 94 valence electrons. The van der Waals surface area contributed by atoms with Gasteiger partial charge in [0.1, 0.15) is 9.84 Å². The van der Waals surface area contributed by atoms with E-state index < -0.39 is 9.84 Å². The van der Waals surface area contributed by atoms with E-state index in [9.17, 15) is 13.2 Å². The number of hydrogen-bond donors (Lipinski definition) is 1. The van der Waals surface area contributed by atoms with Crippen LogP contribution in [0.4, 0.5) is 0 Å². The maximum Gasteiger partial charge on any atom is 0.240 e. The van der Waals surface area contributed by atoms with Gasteiger partial charge in [0.2, 0.25) is 5.91 Å². The van der Waals surface area contributed by atoms with Crippen LogP contribution in [-0.4, -0.2) is 50.0 Å². The molecule has 0 aromatic rings. The second-order valence-electron chi connectivity index (χ2n) is 4.35. The van der Waals surface area contributed by atoms with Crippen LogP contribution in [0.15, 0.2) is 0 Å². The number of hydrogen-bond acceptors (Lipinski definition) is 4. The Morgan fingerprint density at radius 3 is 2.56 bits per heavy atom. The van der Waals surface area contributed by atoms with Crippen LogP contribution < -0.4 is 5.32 Å². The van der Waals surface area contributed by atoms with Crippen LogP contribution >= 0.6 is 0 Å². The highest BCUT2D eigenvalue weighted by atomic mass is 32.2. The second kappa shape index (κ2) is 5.14. The highest BCUT2D eigenvalue weighted by Gasteiger charge is 2.35. The molecule has 0 aliphatic carbocycles. The summed E-state index contributed by atoms with van der Waals surface area (Å²) in [6.07, 6.45) is 3.01. The molecule has 2 atom stereocenters. The largest absolute Gasteiger partial charge is 0.325 e. The first-order valence-corrected chi connectivity index (χ1v) is 7.65. The lowest BCUT2D eigenvalue weighted by molar-refractivity contribution is -0.129. The molecule has 1 heterocycles. The summed E-state index contributed by atoms with van der Waals surface area (Å²) in [6, 6.07) is -0.198. The van der Waals surface area contributed by atoms with Crippen molar-refractivity contribution in [2.75, 3.05) is 18.6 Å². The topological polar surface area (TPSA) is 66.5 Å². The fourth-order valence-corrected chi connectivity index (χ4v) is 2.42. The number of sulfone groups is 1. The molecule has 2 unspecified atom stereocenters. The fraction of sp³-hybridized carbons (Fsp3) is 0.900. The summed E-state index contributed by atoms with van der Waals surface area (Å²) in [5.74, 6) is 0.0370. The van der Waals surface area contributed by atoms with Crippen LogP contribution in [0, 0.1) is 0 Å². The van der Waals surface area contributed by atoms with Gasteiger partial charge in [-0.25, -0.2) is 8.42 Å². The summed E-state index contributed by atoms with van der Waals surface area (Å²) in [7, 11) is -3.01. The summed E-state index contributed by atoms with van der Waals surface area (Å²) in [6.45, 7) is 4.15. The number of carbonyl (C=O) groups is 1. The molecular weight excluding hydrogens is 228 g/mol. The molecule has 0 radical (unpaired) electrons. The number of rotatable bonds is 5. The SMILES string of the molecule is CCCC1NC(C)C(=O)N1CCS(C)(=O)=O. The van der Waals surface area contributed by atoms with Crippen LogP contribution in [0.5, 0.6) is 0 Å². The summed E-state index contributed by atoms with van der Waals surface area (Å²) >= 11 is 0. The van der Waals surface area contributed by atoms with Gasteiger partial charge in [0.05, 0.1) is 18.0 Å². The van der Waals surface area contributed by atoms with E-state index in [-0.39, 0.29) is 23.9 Å². The molecule has 0 aromatic carbocycles. The first-order valence-electron chi connectivity index (χ1n) is 5.59. The smallest absolute Gasteiger partial charge is 0.240 e. The van der Waals surface area contributed by atoms with E-state index in [1.807, 2.05) is 13.8 Å². The molecule has 0 saturated carbocycles. The predicted molar refractivity (Wildman–Crippen MR) is 62.7 cm³/mol. The molecule has 1 aliphatic rings. The Morgan fingerprint density at radius 1 is 1.44 bits per heavy atom. The van der Waals surface area contributed by atoms with Crippen molar-refractivity contribution in [2.24, 2.45) is 0 Å². The van der Waals surface area contributed by atoms with Crippen molar-refractivity contribution in [3.8, 4) is 0 Å². The third-order valence-corrected chi connectivity index (χ3v) is 3.66. The van der Waals surface area contributed by atoms with E-state index >= 15 is 0 Å². The summed E-state index contributed by atoms with van der Waals surface area (Å²) in [5.41, 5.74) is 0. The quantitative estimate of drug-likeness (QED) is 0.742. The van der Waals surface area contributed by atoms with Crippen molar-refractivity contribution in [1.82, 2.24) is 10.2 Å². The van der Waals surface area contributed by atoms with Crippen LogP contribution in [0.3, 0.4) is 0 Å². The Balaban J connectivity index is 2.63. The zero-order chi connectivity index (χ0) is 12.3. The molecule has 1 rings (SSSR count). The van der Waals surface area contributed by atoms with Gasteiger partial charge >= 0.3 is 0 Å². The first kappa shape index (κ1) is 13.4. The minimum Gasteiger partial charge on any atom is -0.325 e. The first-order chi connectivity index (χ1) is 7.35. The van der Waals surface area contributed by atoms with E-state index in [1.54, 1.807) is 4.90 Å². The molecule has 16 heavy (non-hydrogen) atoms. The molecule has 1 aliphatic heterocycles. The lowest BCUT2D eigenvalue weighted by atomic mass is 10.2. The molecule has 6 heteroatoms. The van der Waals surface area contributed by atoms with E-state index in [2.05, 4.69) is 5.32 Å². The Labute approximate surface area is 97.1 Å². The molecular formula is C10H20N2O3S. The molecule has 5 nitrogen and oxygen atoms in total. The third kappa shape index (κ3) is 3.45. The lowest BCUT2D eigenvalue weighted by Crippen LogP contribution is -2.40. The normalized spacial score (nSPS) is 26.4. The van der Waals surface area contributed by atoms with Gasteiger partial charge in [-0.15, -0.1) is 0 Å². The zero-order valence-corrected chi connectivity index (χ0v) is 10.9. The molecule has 0 spiro atoms. The standard InChI is InChI=1S/C10H20N2O3S/c1-4-5-9-11-8(2)10(13)12(9)6-7-16(3,14)15/h8-9,11H,4-7H2,1-3H3. The monoisotopic (exact) mass is 248 g/mol. The van der Waals surface area contributed by atoms with Gasteiger partial charge in [-0.1, -0.05) is 13.3 Å². The molecule has 0 bridgehead atoms. The van der Waals surface area contributed by atoms with Gasteiger partial charge < -0.3 is 4.90 Å². The van der Waals surface area contributed by atoms with E-state index in [0.717, 1.165) is 12.8 Å². The highest BCUT2D eigenvalue weighted by Crippen LogP contribution is 2.14. The van der Waals surface area contributed by atoms with Crippen molar-refractivity contribution in [3.63, 3.8) is 0 Å². The summed E-state index contributed by atoms with van der Waals surface area (Å²) in [5, 5.41) is 3.17. The summed E-state index contributed by atoms with van der Waals surface area (Å²) < 4.78 is 22.2. The van der Waals surface area contributed by atoms with E-state index in [4.69, 9.17) is 0 Å².